The topological polar surface area (TPSA) is 69.7 Å². The van der Waals surface area contributed by atoms with Crippen LogP contribution in [0.1, 0.15) is 16.8 Å². The highest BCUT2D eigenvalue weighted by Gasteiger charge is 2.18. The van der Waals surface area contributed by atoms with Crippen molar-refractivity contribution >= 4 is 34.2 Å². The molecule has 38 heavy (non-hydrogen) atoms. The molecule has 3 aromatic heterocycles. The molecule has 0 bridgehead atoms. The van der Waals surface area contributed by atoms with Gasteiger partial charge in [-0.15, -0.1) is 11.3 Å². The van der Waals surface area contributed by atoms with Gasteiger partial charge in [-0.1, -0.05) is 66.2 Å². The van der Waals surface area contributed by atoms with Crippen LogP contribution < -0.4 is 10.4 Å². The molecule has 0 saturated heterocycles. The van der Waals surface area contributed by atoms with E-state index in [0.717, 1.165) is 39.2 Å². The maximum atomic E-state index is 13.5. The summed E-state index contributed by atoms with van der Waals surface area (Å²) in [7, 11) is 1.86. The van der Waals surface area contributed by atoms with Crippen LogP contribution in [0.25, 0.3) is 28.1 Å². The molecule has 0 radical (unpaired) electrons. The molecule has 188 valence electrons. The van der Waals surface area contributed by atoms with E-state index in [2.05, 4.69) is 6.07 Å². The summed E-state index contributed by atoms with van der Waals surface area (Å²) in [6.45, 7) is 3.94. The third kappa shape index (κ3) is 4.25. The zero-order chi connectivity index (χ0) is 26.2. The first-order valence-electron chi connectivity index (χ1n) is 12.2. The second kappa shape index (κ2) is 9.64. The van der Waals surface area contributed by atoms with Crippen molar-refractivity contribution in [1.82, 2.24) is 14.0 Å². The van der Waals surface area contributed by atoms with Gasteiger partial charge in [-0.25, -0.2) is 14.4 Å². The fraction of sp³-hybridized carbons (Fsp3) is 0.100. The van der Waals surface area contributed by atoms with Gasteiger partial charge in [0.2, 0.25) is 4.80 Å². The minimum Gasteiger partial charge on any atom is -0.454 e. The van der Waals surface area contributed by atoms with E-state index < -0.39 is 0 Å². The summed E-state index contributed by atoms with van der Waals surface area (Å²) in [6.07, 6.45) is 1.80. The van der Waals surface area contributed by atoms with Crippen LogP contribution in [0.15, 0.2) is 110 Å². The molecular formula is C30H25N5O2S. The Morgan fingerprint density at radius 1 is 0.921 bits per heavy atom. The molecule has 0 N–H and O–H groups in total. The monoisotopic (exact) mass is 519 g/mol. The van der Waals surface area contributed by atoms with Crippen molar-refractivity contribution in [3.05, 3.63) is 122 Å². The van der Waals surface area contributed by atoms with Crippen molar-refractivity contribution in [2.24, 2.45) is 17.1 Å². The normalized spacial score (nSPS) is 12.2. The quantitative estimate of drug-likeness (QED) is 0.255. The molecule has 8 heteroatoms. The van der Waals surface area contributed by atoms with Crippen molar-refractivity contribution < 1.29 is 4.42 Å². The molecule has 0 spiro atoms. The fourth-order valence-corrected chi connectivity index (χ4v) is 5.24. The van der Waals surface area contributed by atoms with Crippen molar-refractivity contribution in [3.63, 3.8) is 0 Å². The summed E-state index contributed by atoms with van der Waals surface area (Å²) < 4.78 is 11.3. The Morgan fingerprint density at radius 3 is 2.50 bits per heavy atom. The van der Waals surface area contributed by atoms with Crippen molar-refractivity contribution in [3.8, 4) is 17.1 Å². The molecule has 0 amide bonds. The van der Waals surface area contributed by atoms with Crippen LogP contribution in [0.3, 0.4) is 0 Å². The van der Waals surface area contributed by atoms with E-state index in [1.54, 1.807) is 15.6 Å². The van der Waals surface area contributed by atoms with E-state index >= 15 is 0 Å². The van der Waals surface area contributed by atoms with Gasteiger partial charge in [0.1, 0.15) is 11.3 Å². The third-order valence-corrected chi connectivity index (χ3v) is 7.28. The van der Waals surface area contributed by atoms with Gasteiger partial charge >= 0.3 is 0 Å². The lowest BCUT2D eigenvalue weighted by Crippen LogP contribution is -2.19. The number of aryl methyl sites for hydroxylation is 1. The minimum atomic E-state index is -0.191. The summed E-state index contributed by atoms with van der Waals surface area (Å²) in [5, 5.41) is 7.76. The molecule has 0 atom stereocenters. The van der Waals surface area contributed by atoms with Crippen molar-refractivity contribution in [1.29, 1.82) is 0 Å². The van der Waals surface area contributed by atoms with Crippen molar-refractivity contribution in [2.45, 2.75) is 13.8 Å². The van der Waals surface area contributed by atoms with E-state index in [4.69, 9.17) is 14.5 Å². The number of furan rings is 1. The lowest BCUT2D eigenvalue weighted by Gasteiger charge is -2.07. The molecule has 3 heterocycles. The Morgan fingerprint density at radius 2 is 1.71 bits per heavy atom. The number of hydrogen-bond donors (Lipinski definition) is 0. The van der Waals surface area contributed by atoms with Crippen LogP contribution in [0, 0.1) is 13.8 Å². The number of aromatic nitrogens is 3. The van der Waals surface area contributed by atoms with Gasteiger partial charge < -0.3 is 4.42 Å². The predicted octanol–water partition coefficient (Wildman–Crippen LogP) is 6.18. The van der Waals surface area contributed by atoms with Gasteiger partial charge in [0, 0.05) is 17.8 Å². The Balaban J connectivity index is 1.54. The highest BCUT2D eigenvalue weighted by Crippen LogP contribution is 2.28. The molecule has 3 aromatic carbocycles. The van der Waals surface area contributed by atoms with Crippen LogP contribution in [0.4, 0.5) is 5.69 Å². The van der Waals surface area contributed by atoms with Crippen LogP contribution in [-0.4, -0.2) is 20.3 Å². The van der Waals surface area contributed by atoms with E-state index in [1.807, 2.05) is 110 Å². The van der Waals surface area contributed by atoms with Crippen molar-refractivity contribution in [2.75, 3.05) is 0 Å². The number of para-hydroxylation sites is 2. The van der Waals surface area contributed by atoms with Gasteiger partial charge in [-0.3, -0.25) is 9.48 Å². The van der Waals surface area contributed by atoms with Gasteiger partial charge in [-0.2, -0.15) is 5.10 Å². The molecule has 0 saturated carbocycles. The summed E-state index contributed by atoms with van der Waals surface area (Å²) in [5.74, 6) is 0.678. The van der Waals surface area contributed by atoms with Crippen LogP contribution in [0.5, 0.6) is 0 Å². The number of nitrogens with zero attached hydrogens (tertiary/aromatic N) is 5. The summed E-state index contributed by atoms with van der Waals surface area (Å²) in [5.41, 5.74) is 5.38. The first kappa shape index (κ1) is 23.7. The van der Waals surface area contributed by atoms with Gasteiger partial charge in [0.05, 0.1) is 17.6 Å². The maximum absolute atomic E-state index is 13.5. The zero-order valence-corrected chi connectivity index (χ0v) is 22.0. The average Bonchev–Trinajstić information content (AvgIpc) is 3.59. The highest BCUT2D eigenvalue weighted by atomic mass is 32.1. The Hall–Kier alpha value is -4.69. The standard InChI is InChI=1S/C30H25N5O2S/c1-20-10-9-11-22(16-20)18-31-34-25(27-17-23-12-7-8-15-26(23)37-27)19-38-30(34)32-28-21(2)33(3)35(29(28)36)24-13-5-4-6-14-24/h4-19H,1-3H3. The van der Waals surface area contributed by atoms with Gasteiger partial charge in [-0.05, 0) is 43.7 Å². The van der Waals surface area contributed by atoms with Crippen LogP contribution in [0.2, 0.25) is 0 Å². The number of fused-ring (bicyclic) bond motifs is 1. The second-order valence-electron chi connectivity index (χ2n) is 9.04. The second-order valence-corrected chi connectivity index (χ2v) is 9.88. The fourth-order valence-electron chi connectivity index (χ4n) is 4.42. The molecule has 6 rings (SSSR count). The number of hydrogen-bond acceptors (Lipinski definition) is 5. The average molecular weight is 520 g/mol. The number of thiazole rings is 1. The number of benzene rings is 3. The Kier molecular flexibility index (Phi) is 6.01. The zero-order valence-electron chi connectivity index (χ0n) is 21.2. The van der Waals surface area contributed by atoms with Crippen LogP contribution in [-0.2, 0) is 7.05 Å². The van der Waals surface area contributed by atoms with E-state index in [-0.39, 0.29) is 5.56 Å². The Labute approximate surface area is 222 Å². The van der Waals surface area contributed by atoms with Gasteiger partial charge in [0.25, 0.3) is 5.56 Å². The first-order valence-corrected chi connectivity index (χ1v) is 13.1. The molecule has 0 aliphatic rings. The Bertz CT molecular complexity index is 1900. The lowest BCUT2D eigenvalue weighted by atomic mass is 10.2. The molecule has 0 fully saturated rings. The SMILES string of the molecule is Cc1cccc(C=Nn2c(-c3cc4ccccc4o3)csc2=Nc2c(C)n(C)n(-c3ccccc3)c2=O)c1. The van der Waals surface area contributed by atoms with E-state index in [9.17, 15) is 4.79 Å². The summed E-state index contributed by atoms with van der Waals surface area (Å²) in [4.78, 5) is 18.9. The van der Waals surface area contributed by atoms with E-state index in [1.165, 1.54) is 11.3 Å². The molecule has 0 unspecified atom stereocenters. The third-order valence-electron chi connectivity index (χ3n) is 6.46. The van der Waals surface area contributed by atoms with Crippen LogP contribution >= 0.6 is 11.3 Å². The molecule has 7 nitrogen and oxygen atoms in total. The largest absolute Gasteiger partial charge is 0.454 e. The summed E-state index contributed by atoms with van der Waals surface area (Å²) in [6, 6.07) is 27.5. The highest BCUT2D eigenvalue weighted by molar-refractivity contribution is 7.07. The maximum Gasteiger partial charge on any atom is 0.297 e. The minimum absolute atomic E-state index is 0.191. The summed E-state index contributed by atoms with van der Waals surface area (Å²) >= 11 is 1.41. The van der Waals surface area contributed by atoms with E-state index in [0.29, 0.717) is 16.2 Å². The molecular weight excluding hydrogens is 494 g/mol. The lowest BCUT2D eigenvalue weighted by molar-refractivity contribution is 0.622. The smallest absolute Gasteiger partial charge is 0.297 e. The predicted molar refractivity (Wildman–Crippen MR) is 153 cm³/mol. The number of rotatable bonds is 5. The molecule has 6 aromatic rings. The molecule has 0 aliphatic heterocycles. The molecule has 0 aliphatic carbocycles. The first-order chi connectivity index (χ1) is 18.5. The van der Waals surface area contributed by atoms with Gasteiger partial charge in [0.15, 0.2) is 11.4 Å².